The number of aryl methyl sites for hydroxylation is 3. The molecule has 1 aromatic heterocycles. The minimum Gasteiger partial charge on any atom is -0.493 e. The molecule has 0 aliphatic rings. The Morgan fingerprint density at radius 1 is 0.636 bits per heavy atom. The fourth-order valence-electron chi connectivity index (χ4n) is 4.19. The van der Waals surface area contributed by atoms with Crippen molar-refractivity contribution < 1.29 is 9.47 Å². The van der Waals surface area contributed by atoms with Gasteiger partial charge in [0.05, 0.1) is 13.2 Å². The van der Waals surface area contributed by atoms with Crippen LogP contribution in [0.2, 0.25) is 0 Å². The van der Waals surface area contributed by atoms with Gasteiger partial charge in [-0.25, -0.2) is 0 Å². The minimum atomic E-state index is 0.790. The first-order valence-electron chi connectivity index (χ1n) is 13.6. The number of unbranched alkanes of at least 4 members (excludes halogenated alkanes) is 9. The second-order valence-corrected chi connectivity index (χ2v) is 10.7. The summed E-state index contributed by atoms with van der Waals surface area (Å²) in [6.45, 7) is 12.8. The topological polar surface area (TPSA) is 18.5 Å². The molecule has 0 spiro atoms. The van der Waals surface area contributed by atoms with Gasteiger partial charge < -0.3 is 9.47 Å². The summed E-state index contributed by atoms with van der Waals surface area (Å²) in [5.74, 6) is 2.02. The first-order chi connectivity index (χ1) is 16.1. The SMILES string of the molecule is CCCCCCOc1cc(-c2cc(CCCCCC)c(C)s2)c(OCCCCCC)cc1C. The van der Waals surface area contributed by atoms with Crippen LogP contribution in [0.15, 0.2) is 18.2 Å². The molecule has 0 fully saturated rings. The average Bonchev–Trinajstić information content (AvgIpc) is 3.17. The summed E-state index contributed by atoms with van der Waals surface area (Å²) < 4.78 is 12.6. The summed E-state index contributed by atoms with van der Waals surface area (Å²) in [4.78, 5) is 2.76. The van der Waals surface area contributed by atoms with Crippen LogP contribution >= 0.6 is 11.3 Å². The van der Waals surface area contributed by atoms with E-state index in [1.54, 1.807) is 0 Å². The van der Waals surface area contributed by atoms with E-state index >= 15 is 0 Å². The first-order valence-corrected chi connectivity index (χ1v) is 14.4. The quantitative estimate of drug-likeness (QED) is 0.201. The summed E-state index contributed by atoms with van der Waals surface area (Å²) in [5, 5.41) is 0. The van der Waals surface area contributed by atoms with E-state index in [-0.39, 0.29) is 0 Å². The van der Waals surface area contributed by atoms with E-state index in [4.69, 9.17) is 9.47 Å². The highest BCUT2D eigenvalue weighted by Crippen LogP contribution is 2.41. The molecule has 0 saturated carbocycles. The molecule has 0 unspecified atom stereocenters. The zero-order valence-corrected chi connectivity index (χ0v) is 22.9. The van der Waals surface area contributed by atoms with Crippen LogP contribution in [0.3, 0.4) is 0 Å². The summed E-state index contributed by atoms with van der Waals surface area (Å²) in [6.07, 6.45) is 16.2. The fourth-order valence-corrected chi connectivity index (χ4v) is 5.29. The Morgan fingerprint density at radius 3 is 1.82 bits per heavy atom. The van der Waals surface area contributed by atoms with Crippen molar-refractivity contribution in [2.75, 3.05) is 13.2 Å². The van der Waals surface area contributed by atoms with Gasteiger partial charge in [0.15, 0.2) is 0 Å². The highest BCUT2D eigenvalue weighted by molar-refractivity contribution is 7.15. The lowest BCUT2D eigenvalue weighted by atomic mass is 10.0. The number of hydrogen-bond donors (Lipinski definition) is 0. The Balaban J connectivity index is 2.19. The largest absolute Gasteiger partial charge is 0.493 e. The number of rotatable bonds is 18. The molecule has 0 amide bonds. The maximum atomic E-state index is 6.34. The Bertz CT molecular complexity index is 793. The normalized spacial score (nSPS) is 11.2. The van der Waals surface area contributed by atoms with Crippen molar-refractivity contribution in [2.24, 2.45) is 0 Å². The van der Waals surface area contributed by atoms with Gasteiger partial charge in [0, 0.05) is 15.3 Å². The number of thiophene rings is 1. The maximum Gasteiger partial charge on any atom is 0.128 e. The molecule has 3 heteroatoms. The van der Waals surface area contributed by atoms with Crippen molar-refractivity contribution in [2.45, 2.75) is 118 Å². The van der Waals surface area contributed by atoms with Crippen LogP contribution < -0.4 is 9.47 Å². The molecule has 33 heavy (non-hydrogen) atoms. The molecule has 2 nitrogen and oxygen atoms in total. The van der Waals surface area contributed by atoms with E-state index < -0.39 is 0 Å². The summed E-state index contributed by atoms with van der Waals surface area (Å²) >= 11 is 1.91. The van der Waals surface area contributed by atoms with Gasteiger partial charge in [-0.3, -0.25) is 0 Å². The lowest BCUT2D eigenvalue weighted by Crippen LogP contribution is -2.02. The monoisotopic (exact) mass is 472 g/mol. The van der Waals surface area contributed by atoms with Crippen LogP contribution in [0.1, 0.15) is 114 Å². The van der Waals surface area contributed by atoms with Crippen LogP contribution in [-0.2, 0) is 6.42 Å². The Hall–Kier alpha value is -1.48. The minimum absolute atomic E-state index is 0.790. The van der Waals surface area contributed by atoms with Gasteiger partial charge in [-0.05, 0) is 68.9 Å². The third kappa shape index (κ3) is 9.73. The molecule has 1 heterocycles. The first kappa shape index (κ1) is 27.8. The van der Waals surface area contributed by atoms with Crippen molar-refractivity contribution in [3.05, 3.63) is 34.2 Å². The Kier molecular flexibility index (Phi) is 13.6. The molecule has 2 rings (SSSR count). The van der Waals surface area contributed by atoms with E-state index in [0.29, 0.717) is 0 Å². The van der Waals surface area contributed by atoms with Crippen molar-refractivity contribution in [1.29, 1.82) is 0 Å². The Labute approximate surface area is 208 Å². The lowest BCUT2D eigenvalue weighted by Gasteiger charge is -2.16. The van der Waals surface area contributed by atoms with E-state index in [9.17, 15) is 0 Å². The predicted octanol–water partition coefficient (Wildman–Crippen LogP) is 10.1. The summed E-state index contributed by atoms with van der Waals surface area (Å²) in [5.41, 5.74) is 3.88. The standard InChI is InChI=1S/C30H48O2S/c1-6-9-12-15-18-26-22-30(33-25(26)5)27-23-28(31-19-16-13-10-7-2)24(4)21-29(27)32-20-17-14-11-8-3/h21-23H,6-20H2,1-5H3. The number of benzene rings is 1. The van der Waals surface area contributed by atoms with Gasteiger partial charge in [-0.1, -0.05) is 78.6 Å². The highest BCUT2D eigenvalue weighted by Gasteiger charge is 2.16. The van der Waals surface area contributed by atoms with Gasteiger partial charge in [-0.15, -0.1) is 11.3 Å². The molecule has 0 aliphatic carbocycles. The van der Waals surface area contributed by atoms with Crippen LogP contribution in [0.5, 0.6) is 11.5 Å². The molecule has 0 N–H and O–H groups in total. The molecule has 0 bridgehead atoms. The molecule has 0 saturated heterocycles. The van der Waals surface area contributed by atoms with E-state index in [0.717, 1.165) is 37.6 Å². The van der Waals surface area contributed by atoms with E-state index in [2.05, 4.69) is 52.8 Å². The van der Waals surface area contributed by atoms with Gasteiger partial charge in [0.2, 0.25) is 0 Å². The van der Waals surface area contributed by atoms with Crippen molar-refractivity contribution in [1.82, 2.24) is 0 Å². The average molecular weight is 473 g/mol. The van der Waals surface area contributed by atoms with Crippen molar-refractivity contribution in [3.8, 4) is 21.9 Å². The summed E-state index contributed by atoms with van der Waals surface area (Å²) in [7, 11) is 0. The second kappa shape index (κ2) is 16.2. The maximum absolute atomic E-state index is 6.34. The van der Waals surface area contributed by atoms with Gasteiger partial charge >= 0.3 is 0 Å². The molecule has 186 valence electrons. The van der Waals surface area contributed by atoms with E-state index in [1.165, 1.54) is 97.1 Å². The third-order valence-corrected chi connectivity index (χ3v) is 7.50. The van der Waals surface area contributed by atoms with Crippen molar-refractivity contribution >= 4 is 11.3 Å². The predicted molar refractivity (Wildman–Crippen MR) is 146 cm³/mol. The van der Waals surface area contributed by atoms with Crippen LogP contribution in [-0.4, -0.2) is 13.2 Å². The second-order valence-electron chi connectivity index (χ2n) is 9.43. The van der Waals surface area contributed by atoms with Gasteiger partial charge in [0.25, 0.3) is 0 Å². The molecule has 0 atom stereocenters. The molecule has 0 radical (unpaired) electrons. The van der Waals surface area contributed by atoms with Crippen LogP contribution in [0.4, 0.5) is 0 Å². The molecule has 0 aliphatic heterocycles. The molecule has 1 aromatic carbocycles. The summed E-state index contributed by atoms with van der Waals surface area (Å²) in [6, 6.07) is 6.85. The third-order valence-electron chi connectivity index (χ3n) is 6.37. The fraction of sp³-hybridized carbons (Fsp3) is 0.667. The smallest absolute Gasteiger partial charge is 0.128 e. The zero-order valence-electron chi connectivity index (χ0n) is 22.1. The molecular formula is C30H48O2S. The Morgan fingerprint density at radius 2 is 1.21 bits per heavy atom. The molecule has 2 aromatic rings. The molecular weight excluding hydrogens is 424 g/mol. The van der Waals surface area contributed by atoms with Crippen LogP contribution in [0, 0.1) is 13.8 Å². The van der Waals surface area contributed by atoms with Gasteiger partial charge in [0.1, 0.15) is 11.5 Å². The highest BCUT2D eigenvalue weighted by atomic mass is 32.1. The van der Waals surface area contributed by atoms with E-state index in [1.807, 2.05) is 11.3 Å². The van der Waals surface area contributed by atoms with Crippen molar-refractivity contribution in [3.63, 3.8) is 0 Å². The lowest BCUT2D eigenvalue weighted by molar-refractivity contribution is 0.296. The van der Waals surface area contributed by atoms with Gasteiger partial charge in [-0.2, -0.15) is 0 Å². The number of hydrogen-bond acceptors (Lipinski definition) is 3. The number of ether oxygens (including phenoxy) is 2. The zero-order chi connectivity index (χ0) is 23.9. The van der Waals surface area contributed by atoms with Crippen LogP contribution in [0.25, 0.3) is 10.4 Å².